The lowest BCUT2D eigenvalue weighted by Crippen LogP contribution is -2.67. The van der Waals surface area contributed by atoms with E-state index in [1.54, 1.807) is 0 Å². The molecule has 3 heterocycles. The summed E-state index contributed by atoms with van der Waals surface area (Å²) in [6.45, 7) is 8.25. The molecule has 1 aliphatic carbocycles. The first-order valence-electron chi connectivity index (χ1n) is 12.3. The van der Waals surface area contributed by atoms with Crippen molar-refractivity contribution in [2.24, 2.45) is 5.41 Å². The van der Waals surface area contributed by atoms with Crippen LogP contribution in [-0.2, 0) is 17.9 Å². The van der Waals surface area contributed by atoms with Crippen molar-refractivity contribution >= 4 is 5.91 Å². The van der Waals surface area contributed by atoms with Crippen molar-refractivity contribution in [2.45, 2.75) is 84.0 Å². The minimum absolute atomic E-state index is 0.122. The highest BCUT2D eigenvalue weighted by atomic mass is 16.2. The molecule has 5 heteroatoms. The Morgan fingerprint density at radius 2 is 1.77 bits per heavy atom. The minimum atomic E-state index is -0.122. The number of nitrogens with zero attached hydrogens (tertiary/aromatic N) is 4. The van der Waals surface area contributed by atoms with E-state index >= 15 is 0 Å². The van der Waals surface area contributed by atoms with E-state index in [0.29, 0.717) is 11.9 Å². The van der Waals surface area contributed by atoms with E-state index in [-0.39, 0.29) is 11.5 Å². The number of hydrogen-bond donors (Lipinski definition) is 0. The predicted molar refractivity (Wildman–Crippen MR) is 122 cm³/mol. The van der Waals surface area contributed by atoms with E-state index < -0.39 is 0 Å². The van der Waals surface area contributed by atoms with Gasteiger partial charge in [0.2, 0.25) is 5.91 Å². The molecule has 1 atom stereocenters. The fourth-order valence-corrected chi connectivity index (χ4v) is 6.33. The second-order valence-corrected chi connectivity index (χ2v) is 9.85. The molecule has 2 saturated heterocycles. The van der Waals surface area contributed by atoms with Crippen LogP contribution < -0.4 is 0 Å². The molecule has 31 heavy (non-hydrogen) atoms. The highest BCUT2D eigenvalue weighted by Gasteiger charge is 2.62. The quantitative estimate of drug-likeness (QED) is 0.658. The Morgan fingerprint density at radius 1 is 1.06 bits per heavy atom. The highest BCUT2D eigenvalue weighted by molar-refractivity contribution is 5.91. The number of β-lactam (4-membered cyclic amide) rings is 1. The van der Waals surface area contributed by atoms with Crippen LogP contribution in [0.3, 0.4) is 0 Å². The van der Waals surface area contributed by atoms with Crippen molar-refractivity contribution in [3.63, 3.8) is 0 Å². The Bertz CT molecular complexity index is 907. The van der Waals surface area contributed by atoms with Gasteiger partial charge in [-0.15, -0.1) is 0 Å². The van der Waals surface area contributed by atoms with Crippen molar-refractivity contribution in [3.05, 3.63) is 53.3 Å². The lowest BCUT2D eigenvalue weighted by atomic mass is 9.59. The number of rotatable bonds is 5. The van der Waals surface area contributed by atoms with Gasteiger partial charge in [0.25, 0.3) is 0 Å². The topological polar surface area (TPSA) is 41.4 Å². The van der Waals surface area contributed by atoms with Crippen LogP contribution in [0, 0.1) is 12.3 Å². The van der Waals surface area contributed by atoms with Crippen LogP contribution in [0.25, 0.3) is 0 Å². The van der Waals surface area contributed by atoms with Gasteiger partial charge in [0.15, 0.2) is 0 Å². The van der Waals surface area contributed by atoms with Crippen LogP contribution in [-0.4, -0.2) is 44.6 Å². The number of carbonyl (C=O) groups is 1. The maximum Gasteiger partial charge on any atom is 0.232 e. The second-order valence-electron chi connectivity index (χ2n) is 9.85. The molecule has 1 unspecified atom stereocenters. The molecule has 1 amide bonds. The third-order valence-electron chi connectivity index (χ3n) is 8.04. The normalized spacial score (nSPS) is 24.5. The molecule has 1 aromatic heterocycles. The van der Waals surface area contributed by atoms with Crippen molar-refractivity contribution in [2.75, 3.05) is 13.1 Å². The summed E-state index contributed by atoms with van der Waals surface area (Å²) in [4.78, 5) is 18.4. The Kier molecular flexibility index (Phi) is 5.63. The van der Waals surface area contributed by atoms with Gasteiger partial charge in [-0.2, -0.15) is 5.10 Å². The van der Waals surface area contributed by atoms with Crippen LogP contribution in [0.5, 0.6) is 0 Å². The molecular weight excluding hydrogens is 384 g/mol. The zero-order chi connectivity index (χ0) is 21.4. The second kappa shape index (κ2) is 8.42. The summed E-state index contributed by atoms with van der Waals surface area (Å²) in [5.74, 6) is 0.444. The molecule has 0 bridgehead atoms. The number of amides is 1. The molecular formula is C26H36N4O. The Hall–Kier alpha value is -2.14. The van der Waals surface area contributed by atoms with E-state index in [2.05, 4.69) is 65.3 Å². The molecule has 5 nitrogen and oxygen atoms in total. The van der Waals surface area contributed by atoms with Crippen molar-refractivity contribution < 1.29 is 4.79 Å². The molecule has 2 aliphatic heterocycles. The number of benzene rings is 1. The summed E-state index contributed by atoms with van der Waals surface area (Å²) in [7, 11) is 0. The van der Waals surface area contributed by atoms with E-state index in [9.17, 15) is 4.79 Å². The largest absolute Gasteiger partial charge is 0.331 e. The standard InChI is InChI=1S/C26H36N4O/c1-3-29-19-22(20(2)27-29)18-28-16-12-23(13-17-28)30-24(21-10-6-4-7-11-21)26(25(30)31)14-8-5-9-15-26/h4,6-7,10-11,19,23-24H,3,5,8-9,12-18H2,1-2H3. The zero-order valence-electron chi connectivity index (χ0n) is 19.1. The minimum Gasteiger partial charge on any atom is -0.331 e. The average Bonchev–Trinajstić information content (AvgIpc) is 3.18. The van der Waals surface area contributed by atoms with Crippen molar-refractivity contribution in [3.8, 4) is 0 Å². The molecule has 1 aromatic carbocycles. The van der Waals surface area contributed by atoms with Crippen LogP contribution in [0.15, 0.2) is 36.5 Å². The molecule has 0 radical (unpaired) electrons. The van der Waals surface area contributed by atoms with Gasteiger partial charge in [-0.05, 0) is 45.1 Å². The summed E-state index contributed by atoms with van der Waals surface area (Å²) in [6, 6.07) is 11.5. The number of likely N-dealkylation sites (tertiary alicyclic amines) is 2. The van der Waals surface area contributed by atoms with E-state index in [1.807, 2.05) is 4.68 Å². The molecule has 3 fully saturated rings. The first kappa shape index (κ1) is 20.7. The maximum atomic E-state index is 13.6. The van der Waals surface area contributed by atoms with Gasteiger partial charge in [-0.3, -0.25) is 14.4 Å². The maximum absolute atomic E-state index is 13.6. The first-order chi connectivity index (χ1) is 15.1. The number of aryl methyl sites for hydroxylation is 2. The lowest BCUT2D eigenvalue weighted by molar-refractivity contribution is -0.186. The summed E-state index contributed by atoms with van der Waals surface area (Å²) in [5.41, 5.74) is 3.70. The van der Waals surface area contributed by atoms with E-state index in [1.165, 1.54) is 30.4 Å². The van der Waals surface area contributed by atoms with Gasteiger partial charge in [0.05, 0.1) is 17.2 Å². The third-order valence-corrected chi connectivity index (χ3v) is 8.04. The highest BCUT2D eigenvalue weighted by Crippen LogP contribution is 2.59. The molecule has 166 valence electrons. The zero-order valence-corrected chi connectivity index (χ0v) is 19.1. The Labute approximate surface area is 186 Å². The number of hydrogen-bond acceptors (Lipinski definition) is 3. The average molecular weight is 421 g/mol. The van der Waals surface area contributed by atoms with E-state index in [4.69, 9.17) is 0 Å². The Balaban J connectivity index is 1.29. The first-order valence-corrected chi connectivity index (χ1v) is 12.3. The molecule has 5 rings (SSSR count). The summed E-state index contributed by atoms with van der Waals surface area (Å²) >= 11 is 0. The third kappa shape index (κ3) is 3.61. The lowest BCUT2D eigenvalue weighted by Gasteiger charge is -2.61. The van der Waals surface area contributed by atoms with Crippen molar-refractivity contribution in [1.29, 1.82) is 0 Å². The van der Waals surface area contributed by atoms with E-state index in [0.717, 1.165) is 57.6 Å². The fourth-order valence-electron chi connectivity index (χ4n) is 6.33. The summed E-state index contributed by atoms with van der Waals surface area (Å²) in [5, 5.41) is 4.60. The molecule has 1 spiro atoms. The monoisotopic (exact) mass is 420 g/mol. The summed E-state index contributed by atoms with van der Waals surface area (Å²) < 4.78 is 2.03. The van der Waals surface area contributed by atoms with Crippen LogP contribution in [0.4, 0.5) is 0 Å². The molecule has 1 saturated carbocycles. The molecule has 2 aromatic rings. The van der Waals surface area contributed by atoms with Crippen molar-refractivity contribution in [1.82, 2.24) is 19.6 Å². The number of carbonyl (C=O) groups excluding carboxylic acids is 1. The van der Waals surface area contributed by atoms with Gasteiger partial charge < -0.3 is 4.90 Å². The van der Waals surface area contributed by atoms with Gasteiger partial charge in [0, 0.05) is 44.0 Å². The van der Waals surface area contributed by atoms with Crippen LogP contribution in [0.1, 0.15) is 74.7 Å². The smallest absolute Gasteiger partial charge is 0.232 e. The Morgan fingerprint density at radius 3 is 2.42 bits per heavy atom. The van der Waals surface area contributed by atoms with Gasteiger partial charge in [-0.1, -0.05) is 49.6 Å². The number of piperidine rings is 1. The van der Waals surface area contributed by atoms with Crippen LogP contribution >= 0.6 is 0 Å². The molecule has 3 aliphatic rings. The fraction of sp³-hybridized carbons (Fsp3) is 0.615. The SMILES string of the molecule is CCn1cc(CN2CCC(N3C(=O)C4(CCCCC4)C3c3ccccc3)CC2)c(C)n1. The van der Waals surface area contributed by atoms with Gasteiger partial charge >= 0.3 is 0 Å². The van der Waals surface area contributed by atoms with Gasteiger partial charge in [0.1, 0.15) is 0 Å². The van der Waals surface area contributed by atoms with Gasteiger partial charge in [-0.25, -0.2) is 0 Å². The predicted octanol–water partition coefficient (Wildman–Crippen LogP) is 4.71. The number of aromatic nitrogens is 2. The summed E-state index contributed by atoms with van der Waals surface area (Å²) in [6.07, 6.45) is 10.2. The molecule has 0 N–H and O–H groups in total. The van der Waals surface area contributed by atoms with Crippen LogP contribution in [0.2, 0.25) is 0 Å².